The molecule has 28 heavy (non-hydrogen) atoms. The molecule has 0 bridgehead atoms. The zero-order valence-electron chi connectivity index (χ0n) is 16.6. The minimum atomic E-state index is -1.38. The minimum absolute atomic E-state index is 0.193. The summed E-state index contributed by atoms with van der Waals surface area (Å²) in [6.45, 7) is 8.78. The molecule has 4 rings (SSSR count). The van der Waals surface area contributed by atoms with Gasteiger partial charge in [0.2, 0.25) is 0 Å². The zero-order chi connectivity index (χ0) is 19.8. The van der Waals surface area contributed by atoms with E-state index in [0.717, 1.165) is 67.9 Å². The van der Waals surface area contributed by atoms with Gasteiger partial charge >= 0.3 is 11.9 Å². The van der Waals surface area contributed by atoms with Crippen LogP contribution in [0, 0.1) is 5.92 Å². The van der Waals surface area contributed by atoms with E-state index in [1.54, 1.807) is 0 Å². The van der Waals surface area contributed by atoms with E-state index in [0.29, 0.717) is 12.5 Å². The van der Waals surface area contributed by atoms with E-state index in [4.69, 9.17) is 4.98 Å². The lowest BCUT2D eigenvalue weighted by Gasteiger charge is -2.38. The van der Waals surface area contributed by atoms with Crippen LogP contribution in [0.25, 0.3) is 11.0 Å². The maximum atomic E-state index is 12.2. The number of fused-ring (bicyclic) bond motifs is 3. The summed E-state index contributed by atoms with van der Waals surface area (Å²) in [5.41, 5.74) is 3.05. The summed E-state index contributed by atoms with van der Waals surface area (Å²) in [6.07, 6.45) is 2.70. The predicted octanol–water partition coefficient (Wildman–Crippen LogP) is 2.30. The summed E-state index contributed by atoms with van der Waals surface area (Å²) in [4.78, 5) is 32.4. The average molecular weight is 384 g/mol. The fraction of sp³-hybridized carbons (Fsp3) is 0.571. The normalized spacial score (nSPS) is 23.4. The van der Waals surface area contributed by atoms with Crippen LogP contribution >= 0.6 is 0 Å². The zero-order valence-corrected chi connectivity index (χ0v) is 16.6. The highest BCUT2D eigenvalue weighted by Gasteiger charge is 2.34. The van der Waals surface area contributed by atoms with Crippen molar-refractivity contribution < 1.29 is 14.7 Å². The van der Waals surface area contributed by atoms with Crippen molar-refractivity contribution in [3.05, 3.63) is 29.6 Å². The number of likely N-dealkylation sites (N-methyl/N-ethyl adjacent to an activating group) is 1. The Labute approximate surface area is 164 Å². The van der Waals surface area contributed by atoms with Crippen LogP contribution in [0.4, 0.5) is 0 Å². The maximum absolute atomic E-state index is 12.2. The number of carbonyl (C=O) groups excluding carboxylic acids is 1. The Hall–Kier alpha value is -2.41. The second kappa shape index (κ2) is 7.54. The molecule has 3 heterocycles. The van der Waals surface area contributed by atoms with Gasteiger partial charge in [-0.05, 0) is 43.0 Å². The third kappa shape index (κ3) is 3.39. The monoisotopic (exact) mass is 384 g/mol. The number of likely N-dealkylation sites (tertiary alicyclic amines) is 1. The number of hydrogen-bond donors (Lipinski definition) is 1. The molecule has 0 saturated carbocycles. The van der Waals surface area contributed by atoms with Crippen molar-refractivity contribution in [1.29, 1.82) is 0 Å². The Morgan fingerprint density at radius 2 is 2.04 bits per heavy atom. The summed E-state index contributed by atoms with van der Waals surface area (Å²) in [5, 5.41) is 9.22. The van der Waals surface area contributed by atoms with Gasteiger partial charge in [-0.2, -0.15) is 0 Å². The number of nitrogens with zero attached hydrogens (tertiary/aromatic N) is 4. The van der Waals surface area contributed by atoms with Crippen molar-refractivity contribution in [1.82, 2.24) is 19.4 Å². The number of imidazole rings is 1. The van der Waals surface area contributed by atoms with Gasteiger partial charge in [-0.1, -0.05) is 19.9 Å². The molecule has 0 unspecified atom stereocenters. The van der Waals surface area contributed by atoms with Crippen LogP contribution in [-0.4, -0.2) is 62.5 Å². The molecule has 1 fully saturated rings. The number of benzene rings is 1. The first kappa shape index (κ1) is 18.9. The number of aromatic nitrogens is 2. The number of carbonyl (C=O) groups is 2. The lowest BCUT2D eigenvalue weighted by atomic mass is 9.89. The van der Waals surface area contributed by atoms with Crippen LogP contribution < -0.4 is 0 Å². The molecule has 7 heteroatoms. The third-order valence-electron chi connectivity index (χ3n) is 6.24. The van der Waals surface area contributed by atoms with Crippen LogP contribution in [-0.2, 0) is 22.6 Å². The number of aliphatic carboxylic acids is 1. The number of carboxylic acids is 1. The Bertz CT molecular complexity index is 906. The van der Waals surface area contributed by atoms with Crippen molar-refractivity contribution in [3.63, 3.8) is 0 Å². The summed E-state index contributed by atoms with van der Waals surface area (Å²) in [5.74, 6) is -0.765. The van der Waals surface area contributed by atoms with Gasteiger partial charge in [-0.3, -0.25) is 4.79 Å². The molecule has 1 saturated heterocycles. The highest BCUT2D eigenvalue weighted by atomic mass is 16.4. The van der Waals surface area contributed by atoms with Crippen molar-refractivity contribution >= 4 is 22.9 Å². The fourth-order valence-corrected chi connectivity index (χ4v) is 4.62. The first-order valence-corrected chi connectivity index (χ1v) is 10.2. The molecule has 1 aromatic heterocycles. The summed E-state index contributed by atoms with van der Waals surface area (Å²) in [6, 6.07) is 5.99. The molecule has 150 valence electrons. The summed E-state index contributed by atoms with van der Waals surface area (Å²) < 4.78 is 2.30. The lowest BCUT2D eigenvalue weighted by Crippen LogP contribution is -2.44. The van der Waals surface area contributed by atoms with Crippen LogP contribution in [0.2, 0.25) is 0 Å². The highest BCUT2D eigenvalue weighted by Crippen LogP contribution is 2.35. The van der Waals surface area contributed by atoms with Gasteiger partial charge in [0.15, 0.2) is 0 Å². The lowest BCUT2D eigenvalue weighted by molar-refractivity contribution is -0.158. The number of piperidine rings is 1. The maximum Gasteiger partial charge on any atom is 0.394 e. The topological polar surface area (TPSA) is 78.7 Å². The van der Waals surface area contributed by atoms with E-state index in [9.17, 15) is 14.7 Å². The Morgan fingerprint density at radius 3 is 2.79 bits per heavy atom. The Kier molecular flexibility index (Phi) is 5.10. The number of carboxylic acid groups (broad SMARTS) is 1. The van der Waals surface area contributed by atoms with Gasteiger partial charge < -0.3 is 19.5 Å². The van der Waals surface area contributed by atoms with E-state index in [1.165, 1.54) is 4.90 Å². The van der Waals surface area contributed by atoms with Crippen molar-refractivity contribution in [2.45, 2.75) is 45.7 Å². The van der Waals surface area contributed by atoms with Crippen LogP contribution in [0.5, 0.6) is 0 Å². The molecule has 2 aliphatic heterocycles. The SMILES string of the molecule is CCN1CCc2nc3cc([C@H]4CC[C@H](C)CN4C(=O)C(=O)O)ccc3n2CC1. The smallest absolute Gasteiger partial charge is 0.394 e. The molecule has 2 aliphatic rings. The predicted molar refractivity (Wildman–Crippen MR) is 106 cm³/mol. The van der Waals surface area contributed by atoms with Gasteiger partial charge in [0, 0.05) is 32.6 Å². The molecule has 1 aromatic carbocycles. The van der Waals surface area contributed by atoms with Crippen LogP contribution in [0.15, 0.2) is 18.2 Å². The number of hydrogen-bond acceptors (Lipinski definition) is 4. The molecule has 1 N–H and O–H groups in total. The molecular formula is C21H28N4O3. The molecule has 1 amide bonds. The fourth-order valence-electron chi connectivity index (χ4n) is 4.62. The van der Waals surface area contributed by atoms with E-state index in [2.05, 4.69) is 35.4 Å². The third-order valence-corrected chi connectivity index (χ3v) is 6.24. The van der Waals surface area contributed by atoms with Crippen molar-refractivity contribution in [3.8, 4) is 0 Å². The highest BCUT2D eigenvalue weighted by molar-refractivity contribution is 6.31. The Balaban J connectivity index is 1.66. The van der Waals surface area contributed by atoms with Crippen molar-refractivity contribution in [2.24, 2.45) is 5.92 Å². The van der Waals surface area contributed by atoms with Crippen LogP contribution in [0.3, 0.4) is 0 Å². The Morgan fingerprint density at radius 1 is 1.21 bits per heavy atom. The molecule has 7 nitrogen and oxygen atoms in total. The molecule has 2 aromatic rings. The van der Waals surface area contributed by atoms with Gasteiger partial charge in [0.05, 0.1) is 17.1 Å². The molecule has 0 spiro atoms. The number of amides is 1. The van der Waals surface area contributed by atoms with Gasteiger partial charge in [-0.25, -0.2) is 9.78 Å². The minimum Gasteiger partial charge on any atom is -0.474 e. The van der Waals surface area contributed by atoms with E-state index >= 15 is 0 Å². The van der Waals surface area contributed by atoms with E-state index < -0.39 is 11.9 Å². The quantitative estimate of drug-likeness (QED) is 0.804. The van der Waals surface area contributed by atoms with E-state index in [1.807, 2.05) is 6.07 Å². The number of rotatable bonds is 2. The summed E-state index contributed by atoms with van der Waals surface area (Å²) in [7, 11) is 0. The van der Waals surface area contributed by atoms with Crippen LogP contribution in [0.1, 0.15) is 44.1 Å². The molecule has 0 aliphatic carbocycles. The average Bonchev–Trinajstić information content (AvgIpc) is 2.91. The molecular weight excluding hydrogens is 356 g/mol. The van der Waals surface area contributed by atoms with Crippen molar-refractivity contribution in [2.75, 3.05) is 26.2 Å². The van der Waals surface area contributed by atoms with Gasteiger partial charge in [-0.15, -0.1) is 0 Å². The molecule has 2 atom stereocenters. The standard InChI is InChI=1S/C21H28N4O3/c1-3-23-9-8-19-22-16-12-15(5-7-18(16)24(19)11-10-23)17-6-4-14(2)13-25(17)20(26)21(27)28/h5,7,12,14,17H,3-4,6,8-11,13H2,1-2H3,(H,27,28)/t14-,17+/m0/s1. The second-order valence-corrected chi connectivity index (χ2v) is 8.07. The first-order chi connectivity index (χ1) is 13.5. The second-order valence-electron chi connectivity index (χ2n) is 8.07. The first-order valence-electron chi connectivity index (χ1n) is 10.2. The van der Waals surface area contributed by atoms with Gasteiger partial charge in [0.25, 0.3) is 0 Å². The largest absolute Gasteiger partial charge is 0.474 e. The van der Waals surface area contributed by atoms with E-state index in [-0.39, 0.29) is 6.04 Å². The van der Waals surface area contributed by atoms with Gasteiger partial charge in [0.1, 0.15) is 5.82 Å². The summed E-state index contributed by atoms with van der Waals surface area (Å²) >= 11 is 0. The molecule has 0 radical (unpaired) electrons.